The molecular formula is C13H33N3O3Si. The fourth-order valence-corrected chi connectivity index (χ4v) is 4.80. The molecule has 0 aromatic heterocycles. The van der Waals surface area contributed by atoms with Crippen LogP contribution in [-0.2, 0) is 13.3 Å². The van der Waals surface area contributed by atoms with E-state index in [0.29, 0.717) is 39.0 Å². The van der Waals surface area contributed by atoms with E-state index in [1.54, 1.807) is 0 Å². The lowest BCUT2D eigenvalue weighted by atomic mass is 10.1. The molecule has 1 unspecified atom stereocenters. The predicted molar refractivity (Wildman–Crippen MR) is 84.6 cm³/mol. The van der Waals surface area contributed by atoms with Gasteiger partial charge in [-0.25, -0.2) is 0 Å². The van der Waals surface area contributed by atoms with E-state index in [4.69, 9.17) is 24.7 Å². The molecule has 0 bridgehead atoms. The van der Waals surface area contributed by atoms with Gasteiger partial charge in [0, 0.05) is 51.5 Å². The Morgan fingerprint density at radius 1 is 1.00 bits per heavy atom. The summed E-state index contributed by atoms with van der Waals surface area (Å²) in [6, 6.07) is 1.14. The fourth-order valence-electron chi connectivity index (χ4n) is 2.16. The van der Waals surface area contributed by atoms with Crippen LogP contribution in [0.4, 0.5) is 0 Å². The molecule has 0 saturated heterocycles. The molecular weight excluding hydrogens is 274 g/mol. The average Bonchev–Trinajstić information content (AvgIpc) is 2.43. The standard InChI is InChI=1S/C13H33N3O3Si/c1-4-17-20(18-5-2,19-6-3)11-7-8-13(12-15)16-10-9-14/h13,16H,4-12,14-15H2,1-3H3. The Morgan fingerprint density at radius 3 is 1.95 bits per heavy atom. The number of hydrogen-bond donors (Lipinski definition) is 3. The quantitative estimate of drug-likeness (QED) is 0.409. The topological polar surface area (TPSA) is 91.8 Å². The van der Waals surface area contributed by atoms with Gasteiger partial charge in [0.25, 0.3) is 0 Å². The van der Waals surface area contributed by atoms with Crippen LogP contribution < -0.4 is 16.8 Å². The number of nitrogens with one attached hydrogen (secondary N) is 1. The normalized spacial score (nSPS) is 13.7. The molecule has 0 radical (unpaired) electrons. The third-order valence-electron chi connectivity index (χ3n) is 2.99. The van der Waals surface area contributed by atoms with Crippen molar-refractivity contribution >= 4 is 8.80 Å². The molecule has 7 heteroatoms. The third-order valence-corrected chi connectivity index (χ3v) is 6.14. The van der Waals surface area contributed by atoms with Crippen molar-refractivity contribution in [2.45, 2.75) is 45.7 Å². The number of rotatable bonds is 14. The average molecular weight is 308 g/mol. The van der Waals surface area contributed by atoms with E-state index in [9.17, 15) is 0 Å². The molecule has 1 atom stereocenters. The maximum atomic E-state index is 5.83. The molecule has 0 saturated carbocycles. The Labute approximate surface area is 124 Å². The molecule has 0 aromatic carbocycles. The molecule has 0 heterocycles. The van der Waals surface area contributed by atoms with Crippen molar-refractivity contribution in [3.8, 4) is 0 Å². The summed E-state index contributed by atoms with van der Waals surface area (Å²) in [5.74, 6) is 0. The summed E-state index contributed by atoms with van der Waals surface area (Å²) in [4.78, 5) is 0. The lowest BCUT2D eigenvalue weighted by Gasteiger charge is -2.29. The summed E-state index contributed by atoms with van der Waals surface area (Å²) in [5, 5.41) is 3.34. The summed E-state index contributed by atoms with van der Waals surface area (Å²) in [6.45, 7) is 9.85. The molecule has 0 aliphatic heterocycles. The maximum Gasteiger partial charge on any atom is 0.500 e. The van der Waals surface area contributed by atoms with Gasteiger partial charge in [-0.1, -0.05) is 0 Å². The number of hydrogen-bond acceptors (Lipinski definition) is 6. The highest BCUT2D eigenvalue weighted by molar-refractivity contribution is 6.60. The SMILES string of the molecule is CCO[Si](CCCC(CN)NCCN)(OCC)OCC. The van der Waals surface area contributed by atoms with E-state index in [1.807, 2.05) is 20.8 Å². The van der Waals surface area contributed by atoms with Crippen LogP contribution in [0.2, 0.25) is 6.04 Å². The highest BCUT2D eigenvalue weighted by Crippen LogP contribution is 2.19. The summed E-state index contributed by atoms with van der Waals surface area (Å²) in [7, 11) is -2.50. The van der Waals surface area contributed by atoms with Crippen LogP contribution in [0.3, 0.4) is 0 Å². The first-order valence-corrected chi connectivity index (χ1v) is 9.66. The minimum atomic E-state index is -2.50. The minimum Gasteiger partial charge on any atom is -0.374 e. The predicted octanol–water partition coefficient (Wildman–Crippen LogP) is 0.691. The van der Waals surface area contributed by atoms with Crippen LogP contribution in [0.15, 0.2) is 0 Å². The molecule has 20 heavy (non-hydrogen) atoms. The van der Waals surface area contributed by atoms with Crippen LogP contribution in [-0.4, -0.2) is 54.3 Å². The molecule has 0 amide bonds. The van der Waals surface area contributed by atoms with E-state index < -0.39 is 8.80 Å². The van der Waals surface area contributed by atoms with Gasteiger partial charge in [0.05, 0.1) is 0 Å². The fraction of sp³-hybridized carbons (Fsp3) is 1.00. The van der Waals surface area contributed by atoms with Crippen molar-refractivity contribution in [1.29, 1.82) is 0 Å². The minimum absolute atomic E-state index is 0.301. The van der Waals surface area contributed by atoms with Crippen LogP contribution in [0, 0.1) is 0 Å². The summed E-state index contributed by atoms with van der Waals surface area (Å²) >= 11 is 0. The molecule has 0 aliphatic rings. The van der Waals surface area contributed by atoms with E-state index in [-0.39, 0.29) is 0 Å². The first-order valence-electron chi connectivity index (χ1n) is 7.73. The van der Waals surface area contributed by atoms with Crippen molar-refractivity contribution in [3.63, 3.8) is 0 Å². The van der Waals surface area contributed by atoms with E-state index in [2.05, 4.69) is 5.32 Å². The van der Waals surface area contributed by atoms with Gasteiger partial charge in [-0.3, -0.25) is 0 Å². The maximum absolute atomic E-state index is 5.83. The van der Waals surface area contributed by atoms with Gasteiger partial charge in [-0.05, 0) is 33.6 Å². The van der Waals surface area contributed by atoms with Gasteiger partial charge in [-0.15, -0.1) is 0 Å². The highest BCUT2D eigenvalue weighted by Gasteiger charge is 2.39. The zero-order valence-electron chi connectivity index (χ0n) is 13.3. The van der Waals surface area contributed by atoms with Crippen molar-refractivity contribution < 1.29 is 13.3 Å². The van der Waals surface area contributed by atoms with Gasteiger partial charge in [-0.2, -0.15) is 0 Å². The van der Waals surface area contributed by atoms with Crippen LogP contribution >= 0.6 is 0 Å². The molecule has 0 spiro atoms. The van der Waals surface area contributed by atoms with E-state index in [0.717, 1.165) is 25.4 Å². The van der Waals surface area contributed by atoms with Crippen LogP contribution in [0.5, 0.6) is 0 Å². The molecule has 122 valence electrons. The van der Waals surface area contributed by atoms with Crippen LogP contribution in [0.1, 0.15) is 33.6 Å². The Bertz CT molecular complexity index is 206. The molecule has 6 nitrogen and oxygen atoms in total. The zero-order chi connectivity index (χ0) is 15.3. The lowest BCUT2D eigenvalue weighted by molar-refractivity contribution is 0.0705. The first-order chi connectivity index (χ1) is 9.67. The van der Waals surface area contributed by atoms with Gasteiger partial charge < -0.3 is 30.1 Å². The van der Waals surface area contributed by atoms with Crippen molar-refractivity contribution in [2.75, 3.05) is 39.5 Å². The third kappa shape index (κ3) is 8.31. The van der Waals surface area contributed by atoms with Crippen molar-refractivity contribution in [3.05, 3.63) is 0 Å². The second kappa shape index (κ2) is 12.7. The number of nitrogens with two attached hydrogens (primary N) is 2. The van der Waals surface area contributed by atoms with Gasteiger partial charge in [0.2, 0.25) is 0 Å². The first kappa shape index (κ1) is 20.0. The van der Waals surface area contributed by atoms with Crippen LogP contribution in [0.25, 0.3) is 0 Å². The van der Waals surface area contributed by atoms with Crippen molar-refractivity contribution in [1.82, 2.24) is 5.32 Å². The lowest BCUT2D eigenvalue weighted by Crippen LogP contribution is -2.46. The summed E-state index contributed by atoms with van der Waals surface area (Å²) in [5.41, 5.74) is 11.2. The molecule has 5 N–H and O–H groups in total. The van der Waals surface area contributed by atoms with E-state index >= 15 is 0 Å². The smallest absolute Gasteiger partial charge is 0.374 e. The van der Waals surface area contributed by atoms with Gasteiger partial charge in [0.1, 0.15) is 0 Å². The second-order valence-electron chi connectivity index (χ2n) is 4.55. The Kier molecular flexibility index (Phi) is 12.7. The molecule has 0 aromatic rings. The highest BCUT2D eigenvalue weighted by atomic mass is 28.4. The Hall–Kier alpha value is -0.0231. The Balaban J connectivity index is 4.28. The molecule has 0 rings (SSSR count). The zero-order valence-corrected chi connectivity index (χ0v) is 14.3. The Morgan fingerprint density at radius 2 is 1.55 bits per heavy atom. The molecule has 0 aliphatic carbocycles. The monoisotopic (exact) mass is 307 g/mol. The van der Waals surface area contributed by atoms with E-state index in [1.165, 1.54) is 0 Å². The largest absolute Gasteiger partial charge is 0.500 e. The second-order valence-corrected chi connectivity index (χ2v) is 7.28. The van der Waals surface area contributed by atoms with Crippen molar-refractivity contribution in [2.24, 2.45) is 11.5 Å². The summed E-state index contributed by atoms with van der Waals surface area (Å²) < 4.78 is 17.5. The summed E-state index contributed by atoms with van der Waals surface area (Å²) in [6.07, 6.45) is 1.96. The molecule has 0 fully saturated rings. The van der Waals surface area contributed by atoms with Gasteiger partial charge >= 0.3 is 8.80 Å². The van der Waals surface area contributed by atoms with Gasteiger partial charge in [0.15, 0.2) is 0 Å².